The zero-order valence-electron chi connectivity index (χ0n) is 6.79. The lowest BCUT2D eigenvalue weighted by atomic mass is 9.75. The van der Waals surface area contributed by atoms with Crippen LogP contribution in [0.15, 0.2) is 12.7 Å². The van der Waals surface area contributed by atoms with Crippen molar-refractivity contribution in [1.82, 2.24) is 4.90 Å². The highest BCUT2D eigenvalue weighted by Crippen LogP contribution is 2.35. The zero-order valence-corrected chi connectivity index (χ0v) is 6.79. The van der Waals surface area contributed by atoms with E-state index in [4.69, 9.17) is 0 Å². The Kier molecular flexibility index (Phi) is 1.55. The van der Waals surface area contributed by atoms with Crippen LogP contribution in [0.1, 0.15) is 12.8 Å². The second-order valence-corrected chi connectivity index (χ2v) is 3.75. The Morgan fingerprint density at radius 3 is 2.36 bits per heavy atom. The van der Waals surface area contributed by atoms with Gasteiger partial charge in [0.2, 0.25) is 0 Å². The minimum atomic E-state index is -0.573. The first kappa shape index (κ1) is 7.32. The molecule has 2 bridgehead atoms. The van der Waals surface area contributed by atoms with Gasteiger partial charge in [-0.1, -0.05) is 6.08 Å². The molecule has 0 spiro atoms. The van der Waals surface area contributed by atoms with Gasteiger partial charge in [0.25, 0.3) is 0 Å². The van der Waals surface area contributed by atoms with Gasteiger partial charge >= 0.3 is 0 Å². The number of piperidine rings is 3. The monoisotopic (exact) mass is 153 g/mol. The summed E-state index contributed by atoms with van der Waals surface area (Å²) in [6, 6.07) is 0. The summed E-state index contributed by atoms with van der Waals surface area (Å²) in [5.74, 6) is 0.477. The third kappa shape index (κ3) is 1.01. The molecule has 3 aliphatic heterocycles. The van der Waals surface area contributed by atoms with Crippen molar-refractivity contribution >= 4 is 0 Å². The summed E-state index contributed by atoms with van der Waals surface area (Å²) in [5.41, 5.74) is -0.573. The van der Waals surface area contributed by atoms with Gasteiger partial charge in [0.15, 0.2) is 0 Å². The third-order valence-corrected chi connectivity index (χ3v) is 3.12. The van der Waals surface area contributed by atoms with E-state index in [0.29, 0.717) is 5.92 Å². The molecular weight excluding hydrogens is 138 g/mol. The molecule has 11 heavy (non-hydrogen) atoms. The normalized spacial score (nSPS) is 49.2. The Morgan fingerprint density at radius 2 is 2.09 bits per heavy atom. The predicted octanol–water partition coefficient (Wildman–Crippen LogP) is 0.629. The van der Waals surface area contributed by atoms with E-state index >= 15 is 0 Å². The lowest BCUT2D eigenvalue weighted by Crippen LogP contribution is -2.57. The highest BCUT2D eigenvalue weighted by molar-refractivity contribution is 5.07. The summed E-state index contributed by atoms with van der Waals surface area (Å²) in [4.78, 5) is 2.32. The molecule has 1 unspecified atom stereocenters. The molecule has 0 aromatic rings. The van der Waals surface area contributed by atoms with Crippen molar-refractivity contribution in [2.24, 2.45) is 5.92 Å². The minimum absolute atomic E-state index is 0.477. The van der Waals surface area contributed by atoms with Crippen LogP contribution in [0.3, 0.4) is 0 Å². The number of hydrogen-bond acceptors (Lipinski definition) is 2. The van der Waals surface area contributed by atoms with E-state index in [1.165, 1.54) is 13.1 Å². The molecule has 1 N–H and O–H groups in total. The SMILES string of the molecule is C=CC1(O)CN2CCC1CC2. The van der Waals surface area contributed by atoms with Crippen molar-refractivity contribution in [2.45, 2.75) is 18.4 Å². The van der Waals surface area contributed by atoms with Gasteiger partial charge in [-0.15, -0.1) is 6.58 Å². The molecule has 3 heterocycles. The third-order valence-electron chi connectivity index (χ3n) is 3.12. The van der Waals surface area contributed by atoms with Gasteiger partial charge in [0, 0.05) is 6.54 Å². The topological polar surface area (TPSA) is 23.5 Å². The van der Waals surface area contributed by atoms with Crippen molar-refractivity contribution in [2.75, 3.05) is 19.6 Å². The Morgan fingerprint density at radius 1 is 1.45 bits per heavy atom. The van der Waals surface area contributed by atoms with Gasteiger partial charge in [-0.25, -0.2) is 0 Å². The standard InChI is InChI=1S/C9H15NO/c1-2-9(11)7-10-5-3-8(9)4-6-10/h2,8,11H,1,3-7H2. The Balaban J connectivity index is 2.19. The largest absolute Gasteiger partial charge is 0.384 e. The minimum Gasteiger partial charge on any atom is -0.384 e. The average molecular weight is 153 g/mol. The number of fused-ring (bicyclic) bond motifs is 3. The highest BCUT2D eigenvalue weighted by atomic mass is 16.3. The molecule has 0 saturated carbocycles. The maximum Gasteiger partial charge on any atom is 0.0980 e. The van der Waals surface area contributed by atoms with E-state index in [-0.39, 0.29) is 0 Å². The van der Waals surface area contributed by atoms with Crippen LogP contribution in [-0.4, -0.2) is 35.2 Å². The molecule has 3 aliphatic rings. The van der Waals surface area contributed by atoms with Crippen molar-refractivity contribution in [3.05, 3.63) is 12.7 Å². The van der Waals surface area contributed by atoms with Crippen LogP contribution in [0.5, 0.6) is 0 Å². The van der Waals surface area contributed by atoms with Gasteiger partial charge in [-0.3, -0.25) is 0 Å². The molecule has 62 valence electrons. The lowest BCUT2D eigenvalue weighted by Gasteiger charge is -2.49. The maximum absolute atomic E-state index is 10.0. The second-order valence-electron chi connectivity index (χ2n) is 3.75. The Labute approximate surface area is 67.5 Å². The summed E-state index contributed by atoms with van der Waals surface area (Å²) in [7, 11) is 0. The van der Waals surface area contributed by atoms with E-state index in [0.717, 1.165) is 19.4 Å². The molecule has 0 aliphatic carbocycles. The van der Waals surface area contributed by atoms with Crippen molar-refractivity contribution < 1.29 is 5.11 Å². The molecular formula is C9H15NO. The molecule has 3 rings (SSSR count). The van der Waals surface area contributed by atoms with Gasteiger partial charge in [-0.2, -0.15) is 0 Å². The number of aliphatic hydroxyl groups is 1. The molecule has 0 aromatic carbocycles. The first-order chi connectivity index (χ1) is 5.24. The van der Waals surface area contributed by atoms with Crippen LogP contribution in [0, 0.1) is 5.92 Å². The molecule has 2 heteroatoms. The highest BCUT2D eigenvalue weighted by Gasteiger charge is 2.42. The van der Waals surface area contributed by atoms with E-state index in [2.05, 4.69) is 11.5 Å². The summed E-state index contributed by atoms with van der Waals surface area (Å²) in [6.45, 7) is 6.84. The van der Waals surface area contributed by atoms with Crippen molar-refractivity contribution in [1.29, 1.82) is 0 Å². The van der Waals surface area contributed by atoms with Crippen LogP contribution in [0.2, 0.25) is 0 Å². The Bertz CT molecular complexity index is 172. The number of nitrogens with zero attached hydrogens (tertiary/aromatic N) is 1. The maximum atomic E-state index is 10.0. The smallest absolute Gasteiger partial charge is 0.0980 e. The molecule has 2 nitrogen and oxygen atoms in total. The first-order valence-electron chi connectivity index (χ1n) is 4.33. The summed E-state index contributed by atoms with van der Waals surface area (Å²) in [5, 5.41) is 10.0. The molecule has 0 radical (unpaired) electrons. The van der Waals surface area contributed by atoms with Crippen molar-refractivity contribution in [3.63, 3.8) is 0 Å². The van der Waals surface area contributed by atoms with E-state index in [1.54, 1.807) is 6.08 Å². The predicted molar refractivity (Wildman–Crippen MR) is 44.3 cm³/mol. The van der Waals surface area contributed by atoms with E-state index < -0.39 is 5.60 Å². The quantitative estimate of drug-likeness (QED) is 0.558. The molecule has 0 amide bonds. The van der Waals surface area contributed by atoms with Gasteiger partial charge in [0.05, 0.1) is 5.60 Å². The Hall–Kier alpha value is -0.340. The van der Waals surface area contributed by atoms with Gasteiger partial charge in [0.1, 0.15) is 0 Å². The van der Waals surface area contributed by atoms with Crippen LogP contribution in [0.4, 0.5) is 0 Å². The lowest BCUT2D eigenvalue weighted by molar-refractivity contribution is -0.0778. The van der Waals surface area contributed by atoms with E-state index in [1.807, 2.05) is 0 Å². The van der Waals surface area contributed by atoms with Crippen LogP contribution >= 0.6 is 0 Å². The van der Waals surface area contributed by atoms with E-state index in [9.17, 15) is 5.11 Å². The molecule has 3 saturated heterocycles. The fraction of sp³-hybridized carbons (Fsp3) is 0.778. The van der Waals surface area contributed by atoms with Gasteiger partial charge in [-0.05, 0) is 31.8 Å². The number of rotatable bonds is 1. The fourth-order valence-electron chi connectivity index (χ4n) is 2.31. The van der Waals surface area contributed by atoms with Gasteiger partial charge < -0.3 is 10.0 Å². The van der Waals surface area contributed by atoms with Crippen molar-refractivity contribution in [3.8, 4) is 0 Å². The first-order valence-corrected chi connectivity index (χ1v) is 4.33. The van der Waals surface area contributed by atoms with Crippen LogP contribution in [-0.2, 0) is 0 Å². The summed E-state index contributed by atoms with van der Waals surface area (Å²) >= 11 is 0. The average Bonchev–Trinajstić information content (AvgIpc) is 2.06. The van der Waals surface area contributed by atoms with Crippen LogP contribution in [0.25, 0.3) is 0 Å². The molecule has 0 aromatic heterocycles. The van der Waals surface area contributed by atoms with Crippen LogP contribution < -0.4 is 0 Å². The fourth-order valence-corrected chi connectivity index (χ4v) is 2.31. The summed E-state index contributed by atoms with van der Waals surface area (Å²) < 4.78 is 0. The molecule has 3 fully saturated rings. The number of hydrogen-bond donors (Lipinski definition) is 1. The second kappa shape index (κ2) is 2.32. The molecule has 1 atom stereocenters. The summed E-state index contributed by atoms with van der Waals surface area (Å²) in [6.07, 6.45) is 4.01. The zero-order chi connectivity index (χ0) is 7.90.